The summed E-state index contributed by atoms with van der Waals surface area (Å²) in [6.45, 7) is 4.53. The maximum absolute atomic E-state index is 12.6. The first-order valence-electron chi connectivity index (χ1n) is 8.11. The fourth-order valence-corrected chi connectivity index (χ4v) is 3.56. The van der Waals surface area contributed by atoms with Gasteiger partial charge in [-0.3, -0.25) is 9.63 Å². The molecule has 0 atom stereocenters. The van der Waals surface area contributed by atoms with Crippen LogP contribution in [0.1, 0.15) is 27.0 Å². The first-order valence-corrected chi connectivity index (χ1v) is 9.55. The predicted molar refractivity (Wildman–Crippen MR) is 100 cm³/mol. The van der Waals surface area contributed by atoms with Gasteiger partial charge in [0.05, 0.1) is 12.0 Å². The summed E-state index contributed by atoms with van der Waals surface area (Å²) in [4.78, 5) is 19.0. The molecule has 0 spiro atoms. The standard InChI is InChI=1S/C19H24N2O4S/c1-14-6-7-17(15(2)12-14)13-20(3)19(22)16-8-10-18(11-9-16)26(23,24)21(4)25-5/h6-12H,13H2,1-5H3. The maximum Gasteiger partial charge on any atom is 0.264 e. The molecule has 26 heavy (non-hydrogen) atoms. The number of nitrogens with zero attached hydrogens (tertiary/aromatic N) is 2. The third-order valence-electron chi connectivity index (χ3n) is 4.25. The van der Waals surface area contributed by atoms with Crippen molar-refractivity contribution in [1.29, 1.82) is 0 Å². The maximum atomic E-state index is 12.6. The van der Waals surface area contributed by atoms with Gasteiger partial charge in [0.2, 0.25) is 0 Å². The summed E-state index contributed by atoms with van der Waals surface area (Å²) in [5.74, 6) is -0.172. The van der Waals surface area contributed by atoms with Crippen molar-refractivity contribution in [2.24, 2.45) is 0 Å². The monoisotopic (exact) mass is 376 g/mol. The zero-order chi connectivity index (χ0) is 19.5. The molecule has 0 radical (unpaired) electrons. The van der Waals surface area contributed by atoms with Crippen LogP contribution >= 0.6 is 0 Å². The summed E-state index contributed by atoms with van der Waals surface area (Å²) < 4.78 is 25.2. The van der Waals surface area contributed by atoms with E-state index in [2.05, 4.69) is 6.07 Å². The number of sulfonamides is 1. The van der Waals surface area contributed by atoms with Crippen molar-refractivity contribution in [3.05, 3.63) is 64.7 Å². The first kappa shape index (κ1) is 20.1. The first-order chi connectivity index (χ1) is 12.2. The Kier molecular flexibility index (Phi) is 6.17. The van der Waals surface area contributed by atoms with Crippen LogP contribution in [-0.2, 0) is 21.4 Å². The molecule has 6 nitrogen and oxygen atoms in total. The predicted octanol–water partition coefficient (Wildman–Crippen LogP) is 2.76. The normalized spacial score (nSPS) is 11.6. The Balaban J connectivity index is 2.16. The number of aryl methyl sites for hydroxylation is 2. The highest BCUT2D eigenvalue weighted by atomic mass is 32.2. The highest BCUT2D eigenvalue weighted by molar-refractivity contribution is 7.89. The molecule has 0 aliphatic carbocycles. The van der Waals surface area contributed by atoms with Crippen LogP contribution in [0.25, 0.3) is 0 Å². The number of hydrogen-bond acceptors (Lipinski definition) is 4. The molecule has 0 heterocycles. The zero-order valence-electron chi connectivity index (χ0n) is 15.7. The van der Waals surface area contributed by atoms with E-state index in [1.54, 1.807) is 11.9 Å². The van der Waals surface area contributed by atoms with Crippen LogP contribution in [0.15, 0.2) is 47.4 Å². The van der Waals surface area contributed by atoms with Crippen molar-refractivity contribution < 1.29 is 18.0 Å². The van der Waals surface area contributed by atoms with E-state index < -0.39 is 10.0 Å². The summed E-state index contributed by atoms with van der Waals surface area (Å²) >= 11 is 0. The Labute approximate surface area is 155 Å². The molecule has 0 saturated carbocycles. The smallest absolute Gasteiger partial charge is 0.264 e. The lowest BCUT2D eigenvalue weighted by atomic mass is 10.1. The van der Waals surface area contributed by atoms with Crippen molar-refractivity contribution in [2.75, 3.05) is 21.2 Å². The van der Waals surface area contributed by atoms with Gasteiger partial charge in [-0.2, -0.15) is 0 Å². The summed E-state index contributed by atoms with van der Waals surface area (Å²) in [6.07, 6.45) is 0. The molecule has 140 valence electrons. The number of rotatable bonds is 6. The Morgan fingerprint density at radius 3 is 2.19 bits per heavy atom. The number of hydrogen-bond donors (Lipinski definition) is 0. The van der Waals surface area contributed by atoms with Crippen LogP contribution in [0, 0.1) is 13.8 Å². The van der Waals surface area contributed by atoms with Crippen LogP contribution in [0.5, 0.6) is 0 Å². The molecule has 0 aliphatic rings. The third-order valence-corrected chi connectivity index (χ3v) is 5.94. The number of carbonyl (C=O) groups excluding carboxylic acids is 1. The minimum absolute atomic E-state index is 0.0652. The molecule has 0 N–H and O–H groups in total. The van der Waals surface area contributed by atoms with Gasteiger partial charge in [0.1, 0.15) is 0 Å². The Bertz CT molecular complexity index is 892. The largest absolute Gasteiger partial charge is 0.337 e. The summed E-state index contributed by atoms with van der Waals surface area (Å²) in [5.41, 5.74) is 3.82. The summed E-state index contributed by atoms with van der Waals surface area (Å²) in [6, 6.07) is 12.0. The van der Waals surface area contributed by atoms with Gasteiger partial charge in [0.25, 0.3) is 15.9 Å². The van der Waals surface area contributed by atoms with E-state index in [1.165, 1.54) is 44.0 Å². The van der Waals surface area contributed by atoms with E-state index in [9.17, 15) is 13.2 Å². The van der Waals surface area contributed by atoms with Crippen molar-refractivity contribution in [2.45, 2.75) is 25.3 Å². The van der Waals surface area contributed by atoms with Gasteiger partial charge in [-0.15, -0.1) is 0 Å². The van der Waals surface area contributed by atoms with E-state index in [0.717, 1.165) is 15.6 Å². The van der Waals surface area contributed by atoms with E-state index in [1.807, 2.05) is 26.0 Å². The van der Waals surface area contributed by atoms with Gasteiger partial charge in [0, 0.05) is 26.2 Å². The molecule has 1 amide bonds. The van der Waals surface area contributed by atoms with Crippen LogP contribution in [-0.4, -0.2) is 44.9 Å². The Morgan fingerprint density at radius 2 is 1.65 bits per heavy atom. The zero-order valence-corrected chi connectivity index (χ0v) is 16.5. The van der Waals surface area contributed by atoms with Crippen LogP contribution < -0.4 is 0 Å². The fraction of sp³-hybridized carbons (Fsp3) is 0.316. The van der Waals surface area contributed by atoms with E-state index in [-0.39, 0.29) is 10.8 Å². The molecule has 0 bridgehead atoms. The molecule has 2 aromatic rings. The van der Waals surface area contributed by atoms with Crippen LogP contribution in [0.3, 0.4) is 0 Å². The highest BCUT2D eigenvalue weighted by Gasteiger charge is 2.21. The Morgan fingerprint density at radius 1 is 1.04 bits per heavy atom. The average Bonchev–Trinajstić information content (AvgIpc) is 2.62. The molecule has 7 heteroatoms. The molecule has 0 fully saturated rings. The van der Waals surface area contributed by atoms with E-state index in [4.69, 9.17) is 4.84 Å². The summed E-state index contributed by atoms with van der Waals surface area (Å²) in [5, 5.41) is 0. The van der Waals surface area contributed by atoms with Gasteiger partial charge < -0.3 is 4.90 Å². The molecule has 2 rings (SSSR count). The minimum Gasteiger partial charge on any atom is -0.337 e. The number of carbonyl (C=O) groups is 1. The second-order valence-electron chi connectivity index (χ2n) is 6.21. The van der Waals surface area contributed by atoms with Gasteiger partial charge in [0.15, 0.2) is 0 Å². The number of benzene rings is 2. The minimum atomic E-state index is -3.72. The molecule has 0 saturated heterocycles. The molecule has 0 aliphatic heterocycles. The van der Waals surface area contributed by atoms with Crippen molar-refractivity contribution in [3.63, 3.8) is 0 Å². The lowest BCUT2D eigenvalue weighted by Gasteiger charge is -2.19. The van der Waals surface area contributed by atoms with E-state index in [0.29, 0.717) is 12.1 Å². The molecule has 0 aromatic heterocycles. The molecular formula is C19H24N2O4S. The van der Waals surface area contributed by atoms with Crippen molar-refractivity contribution in [1.82, 2.24) is 9.37 Å². The van der Waals surface area contributed by atoms with Gasteiger partial charge >= 0.3 is 0 Å². The lowest BCUT2D eigenvalue weighted by Crippen LogP contribution is -2.27. The second-order valence-corrected chi connectivity index (χ2v) is 8.15. The fourth-order valence-electron chi connectivity index (χ4n) is 2.59. The summed E-state index contributed by atoms with van der Waals surface area (Å²) in [7, 11) is 0.590. The topological polar surface area (TPSA) is 66.9 Å². The quantitative estimate of drug-likeness (QED) is 0.727. The number of hydroxylamine groups is 1. The third kappa shape index (κ3) is 4.30. The molecular weight excluding hydrogens is 352 g/mol. The Hall–Kier alpha value is -2.22. The number of amides is 1. The molecule has 0 unspecified atom stereocenters. The SMILES string of the molecule is CON(C)S(=O)(=O)c1ccc(C(=O)N(C)Cc2ccc(C)cc2C)cc1. The molecule has 2 aromatic carbocycles. The van der Waals surface area contributed by atoms with Gasteiger partial charge in [-0.05, 0) is 49.2 Å². The average molecular weight is 376 g/mol. The van der Waals surface area contributed by atoms with Gasteiger partial charge in [-0.1, -0.05) is 28.2 Å². The van der Waals surface area contributed by atoms with Crippen molar-refractivity contribution >= 4 is 15.9 Å². The van der Waals surface area contributed by atoms with Crippen LogP contribution in [0.2, 0.25) is 0 Å². The highest BCUT2D eigenvalue weighted by Crippen LogP contribution is 2.17. The van der Waals surface area contributed by atoms with Crippen molar-refractivity contribution in [3.8, 4) is 0 Å². The second kappa shape index (κ2) is 7.99. The van der Waals surface area contributed by atoms with Crippen LogP contribution in [0.4, 0.5) is 0 Å². The van der Waals surface area contributed by atoms with Gasteiger partial charge in [-0.25, -0.2) is 8.42 Å². The lowest BCUT2D eigenvalue weighted by molar-refractivity contribution is -0.0258. The van der Waals surface area contributed by atoms with E-state index >= 15 is 0 Å².